The average Bonchev–Trinajstić information content (AvgIpc) is 3.18. The highest BCUT2D eigenvalue weighted by Crippen LogP contribution is 2.35. The molecule has 7 nitrogen and oxygen atoms in total. The van der Waals surface area contributed by atoms with Crippen molar-refractivity contribution in [1.29, 1.82) is 5.41 Å². The topological polar surface area (TPSA) is 113 Å². The van der Waals surface area contributed by atoms with Crippen LogP contribution in [0.15, 0.2) is 76.9 Å². The van der Waals surface area contributed by atoms with Gasteiger partial charge in [0.2, 0.25) is 5.96 Å². The van der Waals surface area contributed by atoms with Gasteiger partial charge >= 0.3 is 0 Å². The number of benzene rings is 2. The standard InChI is InChI=1S/C22H23N5O2S.ClH/c1-15-7-9-18(10-8-15)30(28,29)27-12-11-19-20(25-26-22(23)24)13-17(14-21(19)27)16-5-3-2-4-6-16;/h2-12,17H,13-14H2,1H3,(H4,23,24,26);1H. The van der Waals surface area contributed by atoms with E-state index in [2.05, 4.69) is 10.5 Å². The van der Waals surface area contributed by atoms with Crippen LogP contribution in [0.25, 0.3) is 0 Å². The number of nitrogens with zero attached hydrogens (tertiary/aromatic N) is 2. The molecular formula is C22H24ClN5O2S. The van der Waals surface area contributed by atoms with Crippen LogP contribution in [0.2, 0.25) is 0 Å². The van der Waals surface area contributed by atoms with Gasteiger partial charge in [-0.3, -0.25) is 5.41 Å². The molecule has 0 fully saturated rings. The van der Waals surface area contributed by atoms with Gasteiger partial charge in [0.1, 0.15) is 0 Å². The highest BCUT2D eigenvalue weighted by molar-refractivity contribution is 7.90. The Morgan fingerprint density at radius 2 is 1.77 bits per heavy atom. The van der Waals surface area contributed by atoms with E-state index in [1.807, 2.05) is 37.3 Å². The maximum atomic E-state index is 13.3. The minimum atomic E-state index is -3.74. The number of rotatable bonds is 4. The molecule has 1 aliphatic carbocycles. The van der Waals surface area contributed by atoms with Crippen LogP contribution < -0.4 is 11.2 Å². The van der Waals surface area contributed by atoms with Crippen molar-refractivity contribution >= 4 is 34.1 Å². The molecule has 0 saturated carbocycles. The fourth-order valence-corrected chi connectivity index (χ4v) is 5.19. The van der Waals surface area contributed by atoms with Gasteiger partial charge in [0.25, 0.3) is 10.0 Å². The molecule has 2 aromatic carbocycles. The van der Waals surface area contributed by atoms with Crippen molar-refractivity contribution in [2.24, 2.45) is 10.8 Å². The molecule has 1 aliphatic rings. The molecule has 0 aliphatic heterocycles. The lowest BCUT2D eigenvalue weighted by molar-refractivity contribution is 0.581. The molecule has 1 unspecified atom stereocenters. The van der Waals surface area contributed by atoms with Gasteiger partial charge in [-0.05, 0) is 49.4 Å². The number of nitrogens with two attached hydrogens (primary N) is 1. The summed E-state index contributed by atoms with van der Waals surface area (Å²) in [6.07, 6.45) is 2.76. The van der Waals surface area contributed by atoms with Crippen LogP contribution in [0.5, 0.6) is 0 Å². The van der Waals surface area contributed by atoms with Gasteiger partial charge in [-0.15, -0.1) is 12.4 Å². The van der Waals surface area contributed by atoms with E-state index < -0.39 is 10.0 Å². The summed E-state index contributed by atoms with van der Waals surface area (Å²) in [4.78, 5) is 0.244. The lowest BCUT2D eigenvalue weighted by Gasteiger charge is -2.26. The Morgan fingerprint density at radius 3 is 2.42 bits per heavy atom. The number of hydrogen-bond donors (Lipinski definition) is 3. The zero-order valence-corrected chi connectivity index (χ0v) is 18.6. The molecule has 0 radical (unpaired) electrons. The summed E-state index contributed by atoms with van der Waals surface area (Å²) in [6, 6.07) is 18.6. The SMILES string of the molecule is Cc1ccc(S(=O)(=O)n2ccc3c2CC(c2ccccc2)CC3=NNC(=N)N)cc1.Cl. The third kappa shape index (κ3) is 4.50. The van der Waals surface area contributed by atoms with Crippen molar-refractivity contribution in [2.45, 2.75) is 30.6 Å². The molecule has 0 amide bonds. The van der Waals surface area contributed by atoms with Gasteiger partial charge in [0.15, 0.2) is 0 Å². The summed E-state index contributed by atoms with van der Waals surface area (Å²) in [7, 11) is -3.74. The van der Waals surface area contributed by atoms with E-state index >= 15 is 0 Å². The van der Waals surface area contributed by atoms with Crippen LogP contribution in [0.4, 0.5) is 0 Å². The summed E-state index contributed by atoms with van der Waals surface area (Å²) in [6.45, 7) is 1.92. The third-order valence-electron chi connectivity index (χ3n) is 5.30. The first-order valence-electron chi connectivity index (χ1n) is 9.60. The van der Waals surface area contributed by atoms with E-state index in [9.17, 15) is 8.42 Å². The highest BCUT2D eigenvalue weighted by Gasteiger charge is 2.31. The van der Waals surface area contributed by atoms with E-state index in [4.69, 9.17) is 11.1 Å². The van der Waals surface area contributed by atoms with E-state index in [-0.39, 0.29) is 29.2 Å². The van der Waals surface area contributed by atoms with Crippen LogP contribution in [0, 0.1) is 12.3 Å². The highest BCUT2D eigenvalue weighted by atomic mass is 35.5. The number of hydrazone groups is 1. The Kier molecular flexibility index (Phi) is 6.52. The molecule has 4 rings (SSSR count). The lowest BCUT2D eigenvalue weighted by Crippen LogP contribution is -2.29. The Balaban J connectivity index is 0.00000272. The number of halogens is 1. The molecule has 4 N–H and O–H groups in total. The second-order valence-corrected chi connectivity index (χ2v) is 9.20. The molecule has 3 aromatic rings. The number of aromatic nitrogens is 1. The van der Waals surface area contributed by atoms with E-state index in [0.717, 1.165) is 16.7 Å². The number of guanidine groups is 1. The molecule has 0 saturated heterocycles. The first-order valence-corrected chi connectivity index (χ1v) is 11.0. The molecule has 9 heteroatoms. The van der Waals surface area contributed by atoms with Crippen LogP contribution in [-0.4, -0.2) is 24.1 Å². The van der Waals surface area contributed by atoms with Crippen molar-refractivity contribution in [3.63, 3.8) is 0 Å². The van der Waals surface area contributed by atoms with E-state index in [0.29, 0.717) is 24.2 Å². The lowest BCUT2D eigenvalue weighted by atomic mass is 9.82. The fourth-order valence-electron chi connectivity index (χ4n) is 3.80. The van der Waals surface area contributed by atoms with Crippen molar-refractivity contribution in [3.8, 4) is 0 Å². The Morgan fingerprint density at radius 1 is 1.10 bits per heavy atom. The Labute approximate surface area is 188 Å². The van der Waals surface area contributed by atoms with Crippen LogP contribution in [-0.2, 0) is 16.4 Å². The summed E-state index contributed by atoms with van der Waals surface area (Å²) in [5.74, 6) is -0.203. The molecule has 0 bridgehead atoms. The van der Waals surface area contributed by atoms with E-state index in [1.165, 1.54) is 3.97 Å². The second kappa shape index (κ2) is 8.95. The van der Waals surface area contributed by atoms with Crippen LogP contribution in [0.3, 0.4) is 0 Å². The number of nitrogens with one attached hydrogen (secondary N) is 2. The quantitative estimate of drug-likeness (QED) is 0.316. The third-order valence-corrected chi connectivity index (χ3v) is 7.03. The molecule has 0 spiro atoms. The predicted octanol–water partition coefficient (Wildman–Crippen LogP) is 3.37. The minimum absolute atomic E-state index is 0. The zero-order chi connectivity index (χ0) is 21.3. The number of hydrogen-bond acceptors (Lipinski definition) is 4. The van der Waals surface area contributed by atoms with Gasteiger partial charge in [-0.25, -0.2) is 17.8 Å². The largest absolute Gasteiger partial charge is 0.369 e. The van der Waals surface area contributed by atoms with Gasteiger partial charge in [0, 0.05) is 17.5 Å². The maximum Gasteiger partial charge on any atom is 0.267 e. The number of aryl methyl sites for hydroxylation is 1. The van der Waals surface area contributed by atoms with Crippen molar-refractivity contribution < 1.29 is 8.42 Å². The summed E-state index contributed by atoms with van der Waals surface area (Å²) in [5.41, 5.74) is 12.1. The molecule has 1 heterocycles. The Hall–Kier alpha value is -3.10. The molecular weight excluding hydrogens is 434 g/mol. The molecule has 31 heavy (non-hydrogen) atoms. The van der Waals surface area contributed by atoms with Crippen molar-refractivity contribution in [2.75, 3.05) is 0 Å². The average molecular weight is 458 g/mol. The molecule has 1 atom stereocenters. The predicted molar refractivity (Wildman–Crippen MR) is 125 cm³/mol. The van der Waals surface area contributed by atoms with Gasteiger partial charge < -0.3 is 5.73 Å². The van der Waals surface area contributed by atoms with Crippen molar-refractivity contribution in [3.05, 3.63) is 89.2 Å². The van der Waals surface area contributed by atoms with Crippen LogP contribution >= 0.6 is 12.4 Å². The molecule has 1 aromatic heterocycles. The second-order valence-electron chi connectivity index (χ2n) is 7.39. The van der Waals surface area contributed by atoms with Crippen LogP contribution in [0.1, 0.15) is 34.7 Å². The Bertz CT molecular complexity index is 1220. The van der Waals surface area contributed by atoms with Gasteiger partial charge in [0.05, 0.1) is 10.6 Å². The monoisotopic (exact) mass is 457 g/mol. The normalized spacial score (nSPS) is 16.9. The first-order chi connectivity index (χ1) is 14.4. The molecule has 162 valence electrons. The maximum absolute atomic E-state index is 13.3. The summed E-state index contributed by atoms with van der Waals surface area (Å²) >= 11 is 0. The fraction of sp³-hybridized carbons (Fsp3) is 0.182. The summed E-state index contributed by atoms with van der Waals surface area (Å²) < 4.78 is 28.0. The van der Waals surface area contributed by atoms with E-state index in [1.54, 1.807) is 36.5 Å². The summed E-state index contributed by atoms with van der Waals surface area (Å²) in [5, 5.41) is 11.7. The van der Waals surface area contributed by atoms with Crippen molar-refractivity contribution in [1.82, 2.24) is 9.40 Å². The minimum Gasteiger partial charge on any atom is -0.369 e. The number of fused-ring (bicyclic) bond motifs is 1. The van der Waals surface area contributed by atoms with Gasteiger partial charge in [-0.2, -0.15) is 5.10 Å². The van der Waals surface area contributed by atoms with Gasteiger partial charge in [-0.1, -0.05) is 48.0 Å². The zero-order valence-electron chi connectivity index (χ0n) is 16.9. The first kappa shape index (κ1) is 22.6. The smallest absolute Gasteiger partial charge is 0.267 e.